The smallest absolute Gasteiger partial charge is 0.322 e. The summed E-state index contributed by atoms with van der Waals surface area (Å²) in [5, 5.41) is 0. The molecule has 1 aliphatic carbocycles. The van der Waals surface area contributed by atoms with Crippen LogP contribution in [0.1, 0.15) is 39.7 Å². The minimum Gasteiger partial charge on any atom is -0.465 e. The Balaban J connectivity index is 2.26. The number of rotatable bonds is 7. The van der Waals surface area contributed by atoms with Gasteiger partial charge in [-0.2, -0.15) is 0 Å². The minimum atomic E-state index is -1.21. The van der Waals surface area contributed by atoms with Crippen LogP contribution in [0.25, 0.3) is 0 Å². The number of hydrogen-bond donors (Lipinski definition) is 0. The zero-order valence-electron chi connectivity index (χ0n) is 16.8. The Morgan fingerprint density at radius 3 is 2.50 bits per heavy atom. The van der Waals surface area contributed by atoms with E-state index in [-0.39, 0.29) is 12.5 Å². The van der Waals surface area contributed by atoms with Crippen LogP contribution in [-0.2, 0) is 23.8 Å². The SMILES string of the molecule is C/C=C/[C@@H]1C[C@@]2(C(=O)OCC)C(c3ccccc3)=N[C@]1(OCC)C2OC(C)=O. The molecule has 3 rings (SSSR count). The van der Waals surface area contributed by atoms with Crippen LogP contribution >= 0.6 is 0 Å². The third-order valence-electron chi connectivity index (χ3n) is 5.38. The van der Waals surface area contributed by atoms with Gasteiger partial charge in [-0.25, -0.2) is 4.99 Å². The lowest BCUT2D eigenvalue weighted by Gasteiger charge is -2.33. The van der Waals surface area contributed by atoms with Crippen molar-refractivity contribution in [3.05, 3.63) is 48.0 Å². The number of carbonyl (C=O) groups is 2. The first-order valence-electron chi connectivity index (χ1n) is 9.73. The molecule has 1 saturated carbocycles. The summed E-state index contributed by atoms with van der Waals surface area (Å²) in [5.74, 6) is -1.12. The molecule has 0 spiro atoms. The Morgan fingerprint density at radius 2 is 1.93 bits per heavy atom. The van der Waals surface area contributed by atoms with Crippen LogP contribution in [0.5, 0.6) is 0 Å². The Morgan fingerprint density at radius 1 is 1.21 bits per heavy atom. The van der Waals surface area contributed by atoms with Crippen molar-refractivity contribution in [3.8, 4) is 0 Å². The predicted octanol–water partition coefficient (Wildman–Crippen LogP) is 3.30. The maximum Gasteiger partial charge on any atom is 0.322 e. The topological polar surface area (TPSA) is 74.2 Å². The van der Waals surface area contributed by atoms with E-state index in [2.05, 4.69) is 0 Å². The first-order chi connectivity index (χ1) is 13.5. The van der Waals surface area contributed by atoms with Gasteiger partial charge in [0.1, 0.15) is 0 Å². The molecule has 1 aromatic rings. The van der Waals surface area contributed by atoms with E-state index in [1.807, 2.05) is 56.3 Å². The molecule has 6 heteroatoms. The van der Waals surface area contributed by atoms with E-state index in [1.54, 1.807) is 6.92 Å². The summed E-state index contributed by atoms with van der Waals surface area (Å²) >= 11 is 0. The van der Waals surface area contributed by atoms with Gasteiger partial charge in [0.05, 0.1) is 12.3 Å². The molecule has 2 aliphatic rings. The number of nitrogens with zero attached hydrogens (tertiary/aromatic N) is 1. The van der Waals surface area contributed by atoms with Crippen LogP contribution in [0.2, 0.25) is 0 Å². The van der Waals surface area contributed by atoms with Crippen molar-refractivity contribution < 1.29 is 23.8 Å². The van der Waals surface area contributed by atoms with Crippen molar-refractivity contribution in [1.82, 2.24) is 0 Å². The zero-order chi connectivity index (χ0) is 20.4. The molecule has 0 N–H and O–H groups in total. The van der Waals surface area contributed by atoms with Crippen LogP contribution in [0.3, 0.4) is 0 Å². The van der Waals surface area contributed by atoms with E-state index < -0.39 is 29.2 Å². The van der Waals surface area contributed by atoms with E-state index in [0.29, 0.717) is 18.7 Å². The Bertz CT molecular complexity index is 802. The molecule has 0 saturated heterocycles. The predicted molar refractivity (Wildman–Crippen MR) is 105 cm³/mol. The minimum absolute atomic E-state index is 0.210. The van der Waals surface area contributed by atoms with Crippen LogP contribution in [0, 0.1) is 11.3 Å². The highest BCUT2D eigenvalue weighted by molar-refractivity contribution is 6.18. The summed E-state index contributed by atoms with van der Waals surface area (Å²) in [6, 6.07) is 9.48. The molecule has 28 heavy (non-hydrogen) atoms. The van der Waals surface area contributed by atoms with Gasteiger partial charge in [-0.3, -0.25) is 9.59 Å². The largest absolute Gasteiger partial charge is 0.465 e. The van der Waals surface area contributed by atoms with Crippen molar-refractivity contribution in [2.45, 2.75) is 45.9 Å². The molecule has 1 aliphatic heterocycles. The molecule has 6 nitrogen and oxygen atoms in total. The molecular formula is C22H27NO5. The van der Waals surface area contributed by atoms with Gasteiger partial charge in [-0.05, 0) is 32.8 Å². The fourth-order valence-corrected chi connectivity index (χ4v) is 4.48. The maximum atomic E-state index is 13.3. The summed E-state index contributed by atoms with van der Waals surface area (Å²) in [6.45, 7) is 7.47. The number of ether oxygens (including phenoxy) is 3. The van der Waals surface area contributed by atoms with Crippen molar-refractivity contribution >= 4 is 17.7 Å². The van der Waals surface area contributed by atoms with E-state index in [1.165, 1.54) is 6.92 Å². The molecule has 1 aromatic carbocycles. The number of benzene rings is 1. The third-order valence-corrected chi connectivity index (χ3v) is 5.38. The first kappa shape index (κ1) is 20.3. The fraction of sp³-hybridized carbons (Fsp3) is 0.500. The highest BCUT2D eigenvalue weighted by atomic mass is 16.6. The average molecular weight is 385 g/mol. The normalized spacial score (nSPS) is 31.1. The second-order valence-corrected chi connectivity index (χ2v) is 7.03. The van der Waals surface area contributed by atoms with Crippen LogP contribution in [0.4, 0.5) is 0 Å². The average Bonchev–Trinajstić information content (AvgIpc) is 3.08. The lowest BCUT2D eigenvalue weighted by atomic mass is 9.76. The van der Waals surface area contributed by atoms with Gasteiger partial charge >= 0.3 is 11.9 Å². The molecule has 0 amide bonds. The molecule has 4 atom stereocenters. The number of esters is 2. The second kappa shape index (κ2) is 7.87. The van der Waals surface area contributed by atoms with E-state index in [9.17, 15) is 9.59 Å². The van der Waals surface area contributed by atoms with Gasteiger partial charge in [0.25, 0.3) is 0 Å². The van der Waals surface area contributed by atoms with Crippen molar-refractivity contribution in [3.63, 3.8) is 0 Å². The highest BCUT2D eigenvalue weighted by Gasteiger charge is 2.75. The molecule has 0 radical (unpaired) electrons. The van der Waals surface area contributed by atoms with Crippen LogP contribution in [-0.4, -0.2) is 42.7 Å². The van der Waals surface area contributed by atoms with Crippen molar-refractivity contribution in [1.29, 1.82) is 0 Å². The molecule has 1 unspecified atom stereocenters. The Hall–Kier alpha value is -2.47. The summed E-state index contributed by atoms with van der Waals surface area (Å²) in [7, 11) is 0. The van der Waals surface area contributed by atoms with Crippen molar-refractivity contribution in [2.75, 3.05) is 13.2 Å². The standard InChI is InChI=1S/C22H27NO5/c1-5-11-17-14-21(20(25)26-6-2)18(16-12-9-8-10-13-16)23-22(17,27-7-3)19(21)28-15(4)24/h5,8-13,17,19H,6-7,14H2,1-4H3/b11-5+/t17-,19?,21-,22-/m1/s1. The summed E-state index contributed by atoms with van der Waals surface area (Å²) in [6.07, 6.45) is 3.40. The third kappa shape index (κ3) is 2.96. The maximum absolute atomic E-state index is 13.3. The Labute approximate surface area is 165 Å². The second-order valence-electron chi connectivity index (χ2n) is 7.03. The molecule has 150 valence electrons. The molecule has 2 bridgehead atoms. The zero-order valence-corrected chi connectivity index (χ0v) is 16.8. The highest BCUT2D eigenvalue weighted by Crippen LogP contribution is 2.60. The van der Waals surface area contributed by atoms with Gasteiger partial charge in [0, 0.05) is 19.4 Å². The molecule has 1 heterocycles. The monoisotopic (exact) mass is 385 g/mol. The first-order valence-corrected chi connectivity index (χ1v) is 9.73. The van der Waals surface area contributed by atoms with Gasteiger partial charge in [0.2, 0.25) is 5.72 Å². The number of carbonyl (C=O) groups excluding carboxylic acids is 2. The lowest BCUT2D eigenvalue weighted by Crippen LogP contribution is -2.50. The number of fused-ring (bicyclic) bond motifs is 2. The van der Waals surface area contributed by atoms with Gasteiger partial charge in [-0.1, -0.05) is 42.5 Å². The van der Waals surface area contributed by atoms with E-state index >= 15 is 0 Å². The lowest BCUT2D eigenvalue weighted by molar-refractivity contribution is -0.179. The van der Waals surface area contributed by atoms with Crippen LogP contribution in [0.15, 0.2) is 47.5 Å². The number of aliphatic imine (C=N–C) groups is 1. The van der Waals surface area contributed by atoms with Gasteiger partial charge in [0.15, 0.2) is 11.5 Å². The Kier molecular flexibility index (Phi) is 5.70. The van der Waals surface area contributed by atoms with Crippen molar-refractivity contribution in [2.24, 2.45) is 16.3 Å². The molecule has 0 aromatic heterocycles. The van der Waals surface area contributed by atoms with E-state index in [4.69, 9.17) is 19.2 Å². The van der Waals surface area contributed by atoms with Gasteiger partial charge in [-0.15, -0.1) is 0 Å². The summed E-state index contributed by atoms with van der Waals surface area (Å²) in [5.41, 5.74) is -0.993. The van der Waals surface area contributed by atoms with E-state index in [0.717, 1.165) is 5.56 Å². The fourth-order valence-electron chi connectivity index (χ4n) is 4.48. The van der Waals surface area contributed by atoms with Crippen LogP contribution < -0.4 is 0 Å². The summed E-state index contributed by atoms with van der Waals surface area (Å²) < 4.78 is 17.4. The number of allylic oxidation sites excluding steroid dienone is 1. The molecule has 1 fully saturated rings. The number of hydrogen-bond acceptors (Lipinski definition) is 6. The van der Waals surface area contributed by atoms with Gasteiger partial charge < -0.3 is 14.2 Å². The molecular weight excluding hydrogens is 358 g/mol. The quantitative estimate of drug-likeness (QED) is 0.532. The summed E-state index contributed by atoms with van der Waals surface area (Å²) in [4.78, 5) is 30.2.